The molecule has 0 bridgehead atoms. The Labute approximate surface area is 189 Å². The van der Waals surface area contributed by atoms with E-state index in [1.807, 2.05) is 109 Å². The molecule has 4 rings (SSSR count). The lowest BCUT2D eigenvalue weighted by molar-refractivity contribution is 0.308. The molecule has 0 fully saturated rings. The highest BCUT2D eigenvalue weighted by Crippen LogP contribution is 2.46. The Balaban J connectivity index is 1.81. The van der Waals surface area contributed by atoms with Crippen molar-refractivity contribution in [2.75, 3.05) is 7.11 Å². The lowest BCUT2D eigenvalue weighted by atomic mass is 10.1. The number of hydrogen-bond acceptors (Lipinski definition) is 3. The zero-order chi connectivity index (χ0) is 22.4. The van der Waals surface area contributed by atoms with Crippen molar-refractivity contribution in [2.24, 2.45) is 0 Å². The summed E-state index contributed by atoms with van der Waals surface area (Å²) in [5, 5.41) is 2.12. The largest absolute Gasteiger partial charge is 0.497 e. The fourth-order valence-corrected chi connectivity index (χ4v) is 6.40. The van der Waals surface area contributed by atoms with Crippen molar-refractivity contribution >= 4 is 29.1 Å². The van der Waals surface area contributed by atoms with Gasteiger partial charge in [0.15, 0.2) is 7.14 Å². The van der Waals surface area contributed by atoms with E-state index in [4.69, 9.17) is 9.47 Å². The molecule has 0 spiro atoms. The van der Waals surface area contributed by atoms with E-state index in [1.165, 1.54) is 0 Å². The minimum atomic E-state index is -3.21. The normalized spacial score (nSPS) is 11.0. The third-order valence-corrected chi connectivity index (χ3v) is 8.43. The van der Waals surface area contributed by atoms with Crippen LogP contribution in [-0.2, 0) is 11.2 Å². The summed E-state index contributed by atoms with van der Waals surface area (Å²) in [6.45, 7) is 4.15. The van der Waals surface area contributed by atoms with Crippen LogP contribution in [0.4, 0.5) is 0 Å². The zero-order valence-corrected chi connectivity index (χ0v) is 18.9. The van der Waals surface area contributed by atoms with Crippen LogP contribution in [0.25, 0.3) is 6.08 Å². The summed E-state index contributed by atoms with van der Waals surface area (Å²) in [6.07, 6.45) is 1.81. The first kappa shape index (κ1) is 21.7. The lowest BCUT2D eigenvalue weighted by Crippen LogP contribution is -2.26. The monoisotopic (exact) mass is 440 g/mol. The van der Waals surface area contributed by atoms with Gasteiger partial charge in [0.1, 0.15) is 18.1 Å². The first-order chi connectivity index (χ1) is 15.6. The Morgan fingerprint density at radius 2 is 1.41 bits per heavy atom. The Kier molecular flexibility index (Phi) is 6.58. The molecule has 3 nitrogen and oxygen atoms in total. The second-order valence-corrected chi connectivity index (χ2v) is 10.1. The van der Waals surface area contributed by atoms with Gasteiger partial charge in [0, 0.05) is 10.6 Å². The highest BCUT2D eigenvalue weighted by molar-refractivity contribution is 7.85. The molecular weight excluding hydrogens is 415 g/mol. The van der Waals surface area contributed by atoms with Crippen LogP contribution in [0.1, 0.15) is 11.1 Å². The molecule has 4 aromatic rings. The highest BCUT2D eigenvalue weighted by atomic mass is 31.2. The van der Waals surface area contributed by atoms with Gasteiger partial charge in [-0.05, 0) is 29.3 Å². The Bertz CT molecular complexity index is 1190. The molecule has 0 amide bonds. The molecule has 0 unspecified atom stereocenters. The van der Waals surface area contributed by atoms with Crippen molar-refractivity contribution in [3.05, 3.63) is 121 Å². The van der Waals surface area contributed by atoms with E-state index in [-0.39, 0.29) is 0 Å². The van der Waals surface area contributed by atoms with Crippen LogP contribution in [-0.4, -0.2) is 7.11 Å². The van der Waals surface area contributed by atoms with E-state index >= 15 is 0 Å². The molecule has 0 heterocycles. The summed E-state index contributed by atoms with van der Waals surface area (Å²) < 4.78 is 26.6. The molecule has 32 heavy (non-hydrogen) atoms. The molecular formula is C28H25O3P. The molecule has 160 valence electrons. The molecule has 0 aliphatic rings. The smallest absolute Gasteiger partial charge is 0.174 e. The van der Waals surface area contributed by atoms with E-state index < -0.39 is 7.14 Å². The molecule has 0 N–H and O–H groups in total. The highest BCUT2D eigenvalue weighted by Gasteiger charge is 2.33. The third kappa shape index (κ3) is 4.39. The van der Waals surface area contributed by atoms with Crippen LogP contribution >= 0.6 is 7.14 Å². The lowest BCUT2D eigenvalue weighted by Gasteiger charge is -2.23. The molecule has 0 saturated heterocycles. The van der Waals surface area contributed by atoms with Gasteiger partial charge in [0.25, 0.3) is 0 Å². The van der Waals surface area contributed by atoms with Crippen molar-refractivity contribution in [3.63, 3.8) is 0 Å². The van der Waals surface area contributed by atoms with Crippen LogP contribution < -0.4 is 25.4 Å². The molecule has 0 radical (unpaired) electrons. The molecule has 0 aromatic heterocycles. The minimum absolute atomic E-state index is 0.361. The van der Waals surface area contributed by atoms with Crippen LogP contribution in [0.2, 0.25) is 0 Å². The predicted octanol–water partition coefficient (Wildman–Crippen LogP) is 5.56. The van der Waals surface area contributed by atoms with Gasteiger partial charge in [0.05, 0.1) is 12.4 Å². The van der Waals surface area contributed by atoms with Crippen molar-refractivity contribution in [1.82, 2.24) is 0 Å². The topological polar surface area (TPSA) is 35.5 Å². The average molecular weight is 440 g/mol. The number of rotatable bonds is 8. The van der Waals surface area contributed by atoms with Crippen molar-refractivity contribution in [3.8, 4) is 11.5 Å². The molecule has 0 aliphatic heterocycles. The van der Waals surface area contributed by atoms with Crippen molar-refractivity contribution < 1.29 is 14.0 Å². The Hall–Kier alpha value is -3.55. The van der Waals surface area contributed by atoms with E-state index in [1.54, 1.807) is 7.11 Å². The van der Waals surface area contributed by atoms with Crippen molar-refractivity contribution in [1.29, 1.82) is 0 Å². The number of methoxy groups -OCH3 is 1. The minimum Gasteiger partial charge on any atom is -0.497 e. The Morgan fingerprint density at radius 3 is 1.94 bits per heavy atom. The fraction of sp³-hybridized carbons (Fsp3) is 0.0714. The van der Waals surface area contributed by atoms with Gasteiger partial charge in [0.2, 0.25) is 0 Å². The molecule has 0 saturated carbocycles. The summed E-state index contributed by atoms with van der Waals surface area (Å²) in [6, 6.07) is 32.6. The predicted molar refractivity (Wildman–Crippen MR) is 133 cm³/mol. The quantitative estimate of drug-likeness (QED) is 0.337. The van der Waals surface area contributed by atoms with Crippen LogP contribution in [0.5, 0.6) is 11.5 Å². The van der Waals surface area contributed by atoms with Crippen LogP contribution in [0.3, 0.4) is 0 Å². The molecule has 0 atom stereocenters. The van der Waals surface area contributed by atoms with Crippen LogP contribution in [0, 0.1) is 0 Å². The fourth-order valence-electron chi connectivity index (χ4n) is 3.61. The maximum absolute atomic E-state index is 14.9. The van der Waals surface area contributed by atoms with E-state index in [2.05, 4.69) is 6.58 Å². The zero-order valence-electron chi connectivity index (χ0n) is 18.0. The maximum atomic E-state index is 14.9. The number of hydrogen-bond donors (Lipinski definition) is 0. The van der Waals surface area contributed by atoms with Crippen LogP contribution in [0.15, 0.2) is 110 Å². The van der Waals surface area contributed by atoms with Gasteiger partial charge in [-0.15, -0.1) is 0 Å². The van der Waals surface area contributed by atoms with Gasteiger partial charge >= 0.3 is 0 Å². The van der Waals surface area contributed by atoms with Gasteiger partial charge in [-0.3, -0.25) is 0 Å². The van der Waals surface area contributed by atoms with Crippen molar-refractivity contribution in [2.45, 2.75) is 6.61 Å². The summed E-state index contributed by atoms with van der Waals surface area (Å²) in [5.41, 5.74) is 2.07. The maximum Gasteiger partial charge on any atom is 0.174 e. The first-order valence-corrected chi connectivity index (χ1v) is 12.1. The van der Waals surface area contributed by atoms with Gasteiger partial charge in [-0.1, -0.05) is 97.6 Å². The first-order valence-electron chi connectivity index (χ1n) is 10.4. The second-order valence-electron chi connectivity index (χ2n) is 7.35. The Morgan fingerprint density at radius 1 is 0.812 bits per heavy atom. The van der Waals surface area contributed by atoms with E-state index in [0.717, 1.165) is 21.7 Å². The van der Waals surface area contributed by atoms with Gasteiger partial charge in [-0.25, -0.2) is 0 Å². The number of benzene rings is 4. The van der Waals surface area contributed by atoms with Gasteiger partial charge in [-0.2, -0.15) is 0 Å². The third-order valence-electron chi connectivity index (χ3n) is 5.35. The van der Waals surface area contributed by atoms with Gasteiger partial charge < -0.3 is 14.0 Å². The standard InChI is InChI=1S/C28H25O3P/c1-3-22-14-16-23(17-15-22)21-31-27-19-18-24(30-2)20-28(27)32(29,25-10-6-4-7-11-25)26-12-8-5-9-13-26/h3-20H,1,21H2,2H3. The average Bonchev–Trinajstić information content (AvgIpc) is 2.88. The summed E-state index contributed by atoms with van der Waals surface area (Å²) >= 11 is 0. The summed E-state index contributed by atoms with van der Waals surface area (Å²) in [4.78, 5) is 0. The molecule has 4 heteroatoms. The molecule has 0 aliphatic carbocycles. The SMILES string of the molecule is C=Cc1ccc(COc2ccc(OC)cc2P(=O)(c2ccccc2)c2ccccc2)cc1. The summed E-state index contributed by atoms with van der Waals surface area (Å²) in [7, 11) is -1.60. The number of ether oxygens (including phenoxy) is 2. The molecule has 4 aromatic carbocycles. The second kappa shape index (κ2) is 9.72. The van der Waals surface area contributed by atoms with E-state index in [9.17, 15) is 4.57 Å². The summed E-state index contributed by atoms with van der Waals surface area (Å²) in [5.74, 6) is 1.21. The van der Waals surface area contributed by atoms with E-state index in [0.29, 0.717) is 23.4 Å².